The first kappa shape index (κ1) is 15.2. The number of aromatic nitrogens is 2. The van der Waals surface area contributed by atoms with E-state index in [4.69, 9.17) is 11.6 Å². The predicted octanol–water partition coefficient (Wildman–Crippen LogP) is 2.72. The van der Waals surface area contributed by atoms with Crippen LogP contribution in [-0.2, 0) is 6.42 Å². The molecule has 0 bridgehead atoms. The summed E-state index contributed by atoms with van der Waals surface area (Å²) in [5.41, 5.74) is 1.90. The van der Waals surface area contributed by atoms with E-state index in [9.17, 15) is 4.79 Å². The standard InChI is InChI=1S/C15H17ClN4OS/c1-2-13-14(22-18-17-13)15(21)20-8-6-19(7-9-20)12-5-3-4-11(16)10-12/h3-5,10H,2,6-9H2,1H3. The quantitative estimate of drug-likeness (QED) is 0.864. The maximum atomic E-state index is 12.6. The second-order valence-electron chi connectivity index (χ2n) is 5.16. The molecule has 2 aromatic rings. The first-order chi connectivity index (χ1) is 10.7. The number of nitrogens with zero attached hydrogens (tertiary/aromatic N) is 4. The summed E-state index contributed by atoms with van der Waals surface area (Å²) in [5.74, 6) is 0.0533. The van der Waals surface area contributed by atoms with E-state index < -0.39 is 0 Å². The highest BCUT2D eigenvalue weighted by Crippen LogP contribution is 2.22. The fourth-order valence-corrected chi connectivity index (χ4v) is 3.49. The third-order valence-corrected chi connectivity index (χ3v) is 4.82. The molecule has 0 N–H and O–H groups in total. The molecule has 116 valence electrons. The molecule has 1 aromatic heterocycles. The molecule has 1 aromatic carbocycles. The van der Waals surface area contributed by atoms with Gasteiger partial charge in [0, 0.05) is 36.9 Å². The van der Waals surface area contributed by atoms with Gasteiger partial charge in [0.2, 0.25) is 0 Å². The van der Waals surface area contributed by atoms with Crippen LogP contribution < -0.4 is 4.90 Å². The molecular formula is C15H17ClN4OS. The Balaban J connectivity index is 1.65. The Morgan fingerprint density at radius 1 is 1.32 bits per heavy atom. The Morgan fingerprint density at radius 3 is 2.77 bits per heavy atom. The van der Waals surface area contributed by atoms with Crippen LogP contribution >= 0.6 is 23.1 Å². The summed E-state index contributed by atoms with van der Waals surface area (Å²) in [5, 5.41) is 4.75. The van der Waals surface area contributed by atoms with Gasteiger partial charge in [-0.05, 0) is 36.2 Å². The molecule has 0 radical (unpaired) electrons. The minimum absolute atomic E-state index is 0.0533. The monoisotopic (exact) mass is 336 g/mol. The molecule has 1 amide bonds. The summed E-state index contributed by atoms with van der Waals surface area (Å²) in [4.78, 5) is 17.4. The molecular weight excluding hydrogens is 320 g/mol. The van der Waals surface area contributed by atoms with E-state index in [1.165, 1.54) is 11.5 Å². The second-order valence-corrected chi connectivity index (χ2v) is 6.35. The lowest BCUT2D eigenvalue weighted by Gasteiger charge is -2.36. The zero-order valence-electron chi connectivity index (χ0n) is 12.3. The number of amides is 1. The number of rotatable bonds is 3. The number of anilines is 1. The second kappa shape index (κ2) is 6.62. The fourth-order valence-electron chi connectivity index (χ4n) is 2.59. The lowest BCUT2D eigenvalue weighted by Crippen LogP contribution is -2.48. The van der Waals surface area contributed by atoms with Crippen LogP contribution in [-0.4, -0.2) is 46.6 Å². The summed E-state index contributed by atoms with van der Waals surface area (Å²) < 4.78 is 3.90. The molecule has 1 fully saturated rings. The fraction of sp³-hybridized carbons (Fsp3) is 0.400. The number of aryl methyl sites for hydroxylation is 1. The van der Waals surface area contributed by atoms with Gasteiger partial charge in [0.25, 0.3) is 5.91 Å². The maximum absolute atomic E-state index is 12.6. The van der Waals surface area contributed by atoms with Crippen LogP contribution in [0.1, 0.15) is 22.3 Å². The lowest BCUT2D eigenvalue weighted by atomic mass is 10.2. The summed E-state index contributed by atoms with van der Waals surface area (Å²) in [6.07, 6.45) is 0.736. The van der Waals surface area contributed by atoms with Gasteiger partial charge < -0.3 is 9.80 Å². The highest BCUT2D eigenvalue weighted by molar-refractivity contribution is 7.08. The molecule has 1 aliphatic heterocycles. The van der Waals surface area contributed by atoms with Gasteiger partial charge in [-0.3, -0.25) is 4.79 Å². The third kappa shape index (κ3) is 3.08. The normalized spacial score (nSPS) is 15.2. The van der Waals surface area contributed by atoms with Crippen molar-refractivity contribution in [2.45, 2.75) is 13.3 Å². The van der Waals surface area contributed by atoms with Crippen LogP contribution in [0.4, 0.5) is 5.69 Å². The molecule has 2 heterocycles. The molecule has 1 aliphatic rings. The Hall–Kier alpha value is -1.66. The Kier molecular flexibility index (Phi) is 4.59. The van der Waals surface area contributed by atoms with E-state index in [-0.39, 0.29) is 5.91 Å². The van der Waals surface area contributed by atoms with Gasteiger partial charge in [0.05, 0.1) is 5.69 Å². The van der Waals surface area contributed by atoms with Gasteiger partial charge in [-0.15, -0.1) is 5.10 Å². The number of halogens is 1. The number of piperazine rings is 1. The van der Waals surface area contributed by atoms with Crippen LogP contribution in [0, 0.1) is 0 Å². The van der Waals surface area contributed by atoms with Gasteiger partial charge in [-0.25, -0.2) is 0 Å². The Bertz CT molecular complexity index is 667. The van der Waals surface area contributed by atoms with Crippen LogP contribution in [0.25, 0.3) is 0 Å². The van der Waals surface area contributed by atoms with Crippen LogP contribution in [0.5, 0.6) is 0 Å². The summed E-state index contributed by atoms with van der Waals surface area (Å²) in [6.45, 7) is 5.00. The minimum Gasteiger partial charge on any atom is -0.368 e. The van der Waals surface area contributed by atoms with E-state index in [0.29, 0.717) is 18.0 Å². The minimum atomic E-state index is 0.0533. The molecule has 0 saturated carbocycles. The van der Waals surface area contributed by atoms with Gasteiger partial charge >= 0.3 is 0 Å². The first-order valence-electron chi connectivity index (χ1n) is 7.30. The molecule has 5 nitrogen and oxygen atoms in total. The number of carbonyl (C=O) groups excluding carboxylic acids is 1. The van der Waals surface area contributed by atoms with Crippen molar-refractivity contribution >= 4 is 34.7 Å². The van der Waals surface area contributed by atoms with E-state index in [0.717, 1.165) is 35.9 Å². The maximum Gasteiger partial charge on any atom is 0.267 e. The Labute approximate surface area is 138 Å². The van der Waals surface area contributed by atoms with Crippen molar-refractivity contribution in [2.75, 3.05) is 31.1 Å². The van der Waals surface area contributed by atoms with Gasteiger partial charge in [-0.2, -0.15) is 0 Å². The van der Waals surface area contributed by atoms with Crippen molar-refractivity contribution in [3.63, 3.8) is 0 Å². The van der Waals surface area contributed by atoms with E-state index in [1.807, 2.05) is 36.1 Å². The summed E-state index contributed by atoms with van der Waals surface area (Å²) >= 11 is 7.23. The van der Waals surface area contributed by atoms with E-state index in [2.05, 4.69) is 14.5 Å². The third-order valence-electron chi connectivity index (χ3n) is 3.83. The zero-order valence-corrected chi connectivity index (χ0v) is 13.9. The van der Waals surface area contributed by atoms with E-state index >= 15 is 0 Å². The molecule has 0 atom stereocenters. The molecule has 22 heavy (non-hydrogen) atoms. The molecule has 0 aliphatic carbocycles. The van der Waals surface area contributed by atoms with Gasteiger partial charge in [0.1, 0.15) is 4.88 Å². The van der Waals surface area contributed by atoms with E-state index in [1.54, 1.807) is 0 Å². The largest absolute Gasteiger partial charge is 0.368 e. The van der Waals surface area contributed by atoms with Crippen LogP contribution in [0.3, 0.4) is 0 Å². The van der Waals surface area contributed by atoms with Crippen molar-refractivity contribution in [3.8, 4) is 0 Å². The van der Waals surface area contributed by atoms with Crippen molar-refractivity contribution in [1.29, 1.82) is 0 Å². The van der Waals surface area contributed by atoms with Gasteiger partial charge in [0.15, 0.2) is 0 Å². The molecule has 0 spiro atoms. The molecule has 0 unspecified atom stereocenters. The first-order valence-corrected chi connectivity index (χ1v) is 8.45. The molecule has 7 heteroatoms. The smallest absolute Gasteiger partial charge is 0.267 e. The van der Waals surface area contributed by atoms with Crippen molar-refractivity contribution < 1.29 is 4.79 Å². The van der Waals surface area contributed by atoms with Crippen LogP contribution in [0.15, 0.2) is 24.3 Å². The van der Waals surface area contributed by atoms with Crippen molar-refractivity contribution in [2.24, 2.45) is 0 Å². The molecule has 3 rings (SSSR count). The van der Waals surface area contributed by atoms with Crippen molar-refractivity contribution in [1.82, 2.24) is 14.5 Å². The number of benzene rings is 1. The lowest BCUT2D eigenvalue weighted by molar-refractivity contribution is 0.0750. The van der Waals surface area contributed by atoms with Crippen LogP contribution in [0.2, 0.25) is 5.02 Å². The van der Waals surface area contributed by atoms with Gasteiger partial charge in [-0.1, -0.05) is 29.1 Å². The average molecular weight is 337 g/mol. The molecule has 1 saturated heterocycles. The number of hydrogen-bond acceptors (Lipinski definition) is 5. The zero-order chi connectivity index (χ0) is 15.5. The highest BCUT2D eigenvalue weighted by atomic mass is 35.5. The predicted molar refractivity (Wildman–Crippen MR) is 88.9 cm³/mol. The average Bonchev–Trinajstić information content (AvgIpc) is 3.03. The number of carbonyl (C=O) groups is 1. The SMILES string of the molecule is CCc1nnsc1C(=O)N1CCN(c2cccc(Cl)c2)CC1. The van der Waals surface area contributed by atoms with Crippen molar-refractivity contribution in [3.05, 3.63) is 39.9 Å². The number of hydrogen-bond donors (Lipinski definition) is 0. The summed E-state index contributed by atoms with van der Waals surface area (Å²) in [7, 11) is 0. The summed E-state index contributed by atoms with van der Waals surface area (Å²) in [6, 6.07) is 7.83. The topological polar surface area (TPSA) is 49.3 Å². The Morgan fingerprint density at radius 2 is 2.09 bits per heavy atom. The highest BCUT2D eigenvalue weighted by Gasteiger charge is 2.25.